The lowest BCUT2D eigenvalue weighted by Gasteiger charge is -2.30. The molecule has 0 bridgehead atoms. The molecule has 0 saturated carbocycles. The minimum absolute atomic E-state index is 0.0139. The lowest BCUT2D eigenvalue weighted by atomic mass is 9.92. The molecule has 0 N–H and O–H groups in total. The number of nitrogens with zero attached hydrogens (tertiary/aromatic N) is 1. The summed E-state index contributed by atoms with van der Waals surface area (Å²) in [7, 11) is 0. The van der Waals surface area contributed by atoms with Crippen molar-refractivity contribution in [2.45, 2.75) is 45.4 Å². The summed E-state index contributed by atoms with van der Waals surface area (Å²) >= 11 is 0. The highest BCUT2D eigenvalue weighted by atomic mass is 16.5. The maximum Gasteiger partial charge on any atom is 0.309 e. The first-order valence-corrected chi connectivity index (χ1v) is 9.36. The van der Waals surface area contributed by atoms with Crippen molar-refractivity contribution in [1.29, 1.82) is 0 Å². The number of hydrogen-bond donors (Lipinski definition) is 0. The fourth-order valence-electron chi connectivity index (χ4n) is 3.66. The van der Waals surface area contributed by atoms with Crippen molar-refractivity contribution in [2.75, 3.05) is 26.3 Å². The van der Waals surface area contributed by atoms with Gasteiger partial charge in [-0.2, -0.15) is 0 Å². The summed E-state index contributed by atoms with van der Waals surface area (Å²) in [4.78, 5) is 25.9. The van der Waals surface area contributed by atoms with Crippen molar-refractivity contribution >= 4 is 11.9 Å². The molecule has 25 heavy (non-hydrogen) atoms. The molecule has 0 atom stereocenters. The number of carbonyl (C=O) groups excluding carboxylic acids is 2. The summed E-state index contributed by atoms with van der Waals surface area (Å²) in [6.07, 6.45) is 6.07. The summed E-state index contributed by atoms with van der Waals surface area (Å²) < 4.78 is 10.8. The number of hydrogen-bond acceptors (Lipinski definition) is 4. The molecule has 0 unspecified atom stereocenters. The Morgan fingerprint density at radius 3 is 2.56 bits per heavy atom. The van der Waals surface area contributed by atoms with Crippen LogP contribution in [0.3, 0.4) is 0 Å². The van der Waals surface area contributed by atoms with Gasteiger partial charge in [-0.25, -0.2) is 0 Å². The Bertz CT molecular complexity index is 620. The van der Waals surface area contributed by atoms with Crippen LogP contribution in [0.1, 0.15) is 43.7 Å². The molecule has 1 aliphatic carbocycles. The van der Waals surface area contributed by atoms with Gasteiger partial charge in [0.15, 0.2) is 6.61 Å². The Labute approximate surface area is 149 Å². The number of aryl methyl sites for hydroxylation is 2. The molecule has 136 valence electrons. The van der Waals surface area contributed by atoms with E-state index in [1.54, 1.807) is 4.90 Å². The third-order valence-electron chi connectivity index (χ3n) is 5.15. The second kappa shape index (κ2) is 8.37. The van der Waals surface area contributed by atoms with Crippen LogP contribution < -0.4 is 4.74 Å². The summed E-state index contributed by atoms with van der Waals surface area (Å²) in [6.45, 7) is 3.47. The summed E-state index contributed by atoms with van der Waals surface area (Å²) in [5, 5.41) is 0. The Morgan fingerprint density at radius 2 is 1.84 bits per heavy atom. The second-order valence-corrected chi connectivity index (χ2v) is 6.83. The van der Waals surface area contributed by atoms with Crippen LogP contribution in [0.2, 0.25) is 0 Å². The number of esters is 1. The van der Waals surface area contributed by atoms with E-state index in [9.17, 15) is 9.59 Å². The first kappa shape index (κ1) is 17.8. The number of ether oxygens (including phenoxy) is 2. The van der Waals surface area contributed by atoms with E-state index in [0.29, 0.717) is 32.5 Å². The number of rotatable bonds is 5. The molecule has 0 spiro atoms. The lowest BCUT2D eigenvalue weighted by molar-refractivity contribution is -0.151. The molecule has 0 aromatic heterocycles. The van der Waals surface area contributed by atoms with Crippen LogP contribution in [-0.4, -0.2) is 43.1 Å². The number of amides is 1. The highest BCUT2D eigenvalue weighted by Crippen LogP contribution is 2.25. The van der Waals surface area contributed by atoms with Gasteiger partial charge in [0.25, 0.3) is 5.91 Å². The fraction of sp³-hybridized carbons (Fsp3) is 0.600. The van der Waals surface area contributed by atoms with Crippen LogP contribution in [0.15, 0.2) is 18.2 Å². The minimum atomic E-state index is -0.139. The first-order chi connectivity index (χ1) is 12.2. The van der Waals surface area contributed by atoms with Gasteiger partial charge in [-0.3, -0.25) is 9.59 Å². The zero-order valence-electron chi connectivity index (χ0n) is 15.0. The quantitative estimate of drug-likeness (QED) is 0.770. The average Bonchev–Trinajstić information content (AvgIpc) is 2.66. The first-order valence-electron chi connectivity index (χ1n) is 9.36. The predicted molar refractivity (Wildman–Crippen MR) is 94.5 cm³/mol. The smallest absolute Gasteiger partial charge is 0.309 e. The van der Waals surface area contributed by atoms with E-state index in [4.69, 9.17) is 9.47 Å². The molecular formula is C20H27NO4. The Morgan fingerprint density at radius 1 is 1.12 bits per heavy atom. The highest BCUT2D eigenvalue weighted by molar-refractivity contribution is 5.78. The van der Waals surface area contributed by atoms with Crippen LogP contribution >= 0.6 is 0 Å². The fourth-order valence-corrected chi connectivity index (χ4v) is 3.66. The van der Waals surface area contributed by atoms with Crippen molar-refractivity contribution in [2.24, 2.45) is 5.92 Å². The van der Waals surface area contributed by atoms with Gasteiger partial charge in [0, 0.05) is 13.1 Å². The van der Waals surface area contributed by atoms with E-state index in [1.807, 2.05) is 13.0 Å². The highest BCUT2D eigenvalue weighted by Gasteiger charge is 2.28. The summed E-state index contributed by atoms with van der Waals surface area (Å²) in [6, 6.07) is 6.17. The van der Waals surface area contributed by atoms with Crippen molar-refractivity contribution in [3.8, 4) is 5.75 Å². The molecule has 5 heteroatoms. The predicted octanol–water partition coefficient (Wildman–Crippen LogP) is 2.75. The number of piperidine rings is 1. The van der Waals surface area contributed by atoms with Gasteiger partial charge in [-0.1, -0.05) is 6.07 Å². The minimum Gasteiger partial charge on any atom is -0.484 e. The molecular weight excluding hydrogens is 318 g/mol. The molecule has 3 rings (SSSR count). The van der Waals surface area contributed by atoms with Crippen LogP contribution in [0.5, 0.6) is 5.75 Å². The molecule has 1 aromatic rings. The van der Waals surface area contributed by atoms with Gasteiger partial charge >= 0.3 is 5.97 Å². The number of benzene rings is 1. The van der Waals surface area contributed by atoms with E-state index >= 15 is 0 Å². The molecule has 1 fully saturated rings. The molecule has 1 heterocycles. The molecule has 1 amide bonds. The van der Waals surface area contributed by atoms with E-state index in [2.05, 4.69) is 12.1 Å². The van der Waals surface area contributed by atoms with Gasteiger partial charge in [0.05, 0.1) is 12.5 Å². The number of carbonyl (C=O) groups is 2. The third-order valence-corrected chi connectivity index (χ3v) is 5.15. The maximum atomic E-state index is 12.3. The standard InChI is InChI=1S/C20H27NO4/c1-2-24-20(23)16-9-11-21(12-10-16)19(22)14-25-18-8-7-15-5-3-4-6-17(15)13-18/h7-8,13,16H,2-6,9-12,14H2,1H3. The van der Waals surface area contributed by atoms with Gasteiger partial charge in [0.2, 0.25) is 0 Å². The molecule has 1 aromatic carbocycles. The maximum absolute atomic E-state index is 12.3. The van der Waals surface area contributed by atoms with E-state index in [1.165, 1.54) is 24.0 Å². The van der Waals surface area contributed by atoms with Crippen molar-refractivity contribution in [1.82, 2.24) is 4.90 Å². The average molecular weight is 345 g/mol. The molecule has 5 nitrogen and oxygen atoms in total. The lowest BCUT2D eigenvalue weighted by Crippen LogP contribution is -2.42. The monoisotopic (exact) mass is 345 g/mol. The molecule has 0 radical (unpaired) electrons. The number of likely N-dealkylation sites (tertiary alicyclic amines) is 1. The Hall–Kier alpha value is -2.04. The SMILES string of the molecule is CCOC(=O)C1CCN(C(=O)COc2ccc3c(c2)CCCC3)CC1. The van der Waals surface area contributed by atoms with Crippen molar-refractivity contribution in [3.05, 3.63) is 29.3 Å². The van der Waals surface area contributed by atoms with Gasteiger partial charge in [-0.15, -0.1) is 0 Å². The van der Waals surface area contributed by atoms with Crippen LogP contribution in [0.25, 0.3) is 0 Å². The van der Waals surface area contributed by atoms with Crippen LogP contribution in [0.4, 0.5) is 0 Å². The molecule has 1 saturated heterocycles. The van der Waals surface area contributed by atoms with Crippen LogP contribution in [0, 0.1) is 5.92 Å². The normalized spacial score (nSPS) is 17.7. The summed E-state index contributed by atoms with van der Waals surface area (Å²) in [5.74, 6) is 0.543. The number of fused-ring (bicyclic) bond motifs is 1. The Balaban J connectivity index is 1.46. The topological polar surface area (TPSA) is 55.8 Å². The second-order valence-electron chi connectivity index (χ2n) is 6.83. The Kier molecular flexibility index (Phi) is 5.95. The van der Waals surface area contributed by atoms with Crippen molar-refractivity contribution < 1.29 is 19.1 Å². The molecule has 2 aliphatic rings. The third kappa shape index (κ3) is 4.53. The molecule has 1 aliphatic heterocycles. The van der Waals surface area contributed by atoms with Gasteiger partial charge < -0.3 is 14.4 Å². The largest absolute Gasteiger partial charge is 0.484 e. The van der Waals surface area contributed by atoms with E-state index in [0.717, 1.165) is 18.6 Å². The zero-order chi connectivity index (χ0) is 17.6. The zero-order valence-corrected chi connectivity index (χ0v) is 15.0. The van der Waals surface area contributed by atoms with Crippen molar-refractivity contribution in [3.63, 3.8) is 0 Å². The van der Waals surface area contributed by atoms with E-state index in [-0.39, 0.29) is 24.4 Å². The van der Waals surface area contributed by atoms with Gasteiger partial charge in [-0.05, 0) is 68.7 Å². The summed E-state index contributed by atoms with van der Waals surface area (Å²) in [5.41, 5.74) is 2.76. The van der Waals surface area contributed by atoms with Gasteiger partial charge in [0.1, 0.15) is 5.75 Å². The van der Waals surface area contributed by atoms with Crippen LogP contribution in [-0.2, 0) is 27.2 Å². The van der Waals surface area contributed by atoms with E-state index < -0.39 is 0 Å².